The van der Waals surface area contributed by atoms with Crippen molar-refractivity contribution in [3.8, 4) is 0 Å². The van der Waals surface area contributed by atoms with Gasteiger partial charge in [0.1, 0.15) is 0 Å². The van der Waals surface area contributed by atoms with E-state index in [0.717, 1.165) is 5.92 Å². The third-order valence-corrected chi connectivity index (χ3v) is 2.57. The van der Waals surface area contributed by atoms with Crippen LogP contribution in [0.4, 0.5) is 0 Å². The number of hydrogen-bond donors (Lipinski definition) is 0. The van der Waals surface area contributed by atoms with E-state index in [-0.39, 0.29) is 0 Å². The smallest absolute Gasteiger partial charge is 0.0254 e. The second-order valence-corrected chi connectivity index (χ2v) is 4.00. The van der Waals surface area contributed by atoms with E-state index in [4.69, 9.17) is 0 Å². The van der Waals surface area contributed by atoms with Gasteiger partial charge in [-0.05, 0) is 37.3 Å². The summed E-state index contributed by atoms with van der Waals surface area (Å²) in [6.45, 7) is 12.6. The monoisotopic (exact) mass is 192 g/mol. The fourth-order valence-electron chi connectivity index (χ4n) is 1.76. The molecule has 14 heavy (non-hydrogen) atoms. The highest BCUT2D eigenvalue weighted by Crippen LogP contribution is 2.21. The molecule has 0 nitrogen and oxygen atoms in total. The van der Waals surface area contributed by atoms with Crippen molar-refractivity contribution in [1.82, 2.24) is 0 Å². The Kier molecular flexibility index (Phi) is 7.18. The molecule has 0 heteroatoms. The van der Waals surface area contributed by atoms with Gasteiger partial charge in [-0.3, -0.25) is 0 Å². The zero-order valence-electron chi connectivity index (χ0n) is 10.1. The first-order valence-electron chi connectivity index (χ1n) is 5.60. The lowest BCUT2D eigenvalue weighted by molar-refractivity contribution is 0.522. The lowest BCUT2D eigenvalue weighted by Gasteiger charge is -2.13. The molecule has 0 amide bonds. The van der Waals surface area contributed by atoms with Gasteiger partial charge in [0.2, 0.25) is 0 Å². The van der Waals surface area contributed by atoms with Gasteiger partial charge in [0.15, 0.2) is 0 Å². The maximum absolute atomic E-state index is 3.73. The van der Waals surface area contributed by atoms with E-state index in [1.807, 2.05) is 6.08 Å². The molecule has 80 valence electrons. The number of hydrogen-bond acceptors (Lipinski definition) is 0. The van der Waals surface area contributed by atoms with Crippen LogP contribution in [0, 0.1) is 5.92 Å². The predicted octanol–water partition coefficient (Wildman–Crippen LogP) is 4.89. The van der Waals surface area contributed by atoms with Gasteiger partial charge in [0.05, 0.1) is 0 Å². The van der Waals surface area contributed by atoms with E-state index in [9.17, 15) is 0 Å². The van der Waals surface area contributed by atoms with Gasteiger partial charge in [-0.1, -0.05) is 51.5 Å². The Labute approximate surface area is 89.4 Å². The molecule has 0 aliphatic carbocycles. The van der Waals surface area contributed by atoms with Crippen LogP contribution >= 0.6 is 0 Å². The van der Waals surface area contributed by atoms with Gasteiger partial charge in [0.25, 0.3) is 0 Å². The van der Waals surface area contributed by atoms with Gasteiger partial charge in [0, 0.05) is 0 Å². The number of rotatable bonds is 6. The zero-order chi connectivity index (χ0) is 11.0. The molecule has 0 aromatic carbocycles. The summed E-state index contributed by atoms with van der Waals surface area (Å²) in [5.41, 5.74) is 2.82. The van der Waals surface area contributed by atoms with Crippen molar-refractivity contribution >= 4 is 0 Å². The summed E-state index contributed by atoms with van der Waals surface area (Å²) in [6, 6.07) is 0. The van der Waals surface area contributed by atoms with E-state index >= 15 is 0 Å². The Bertz CT molecular complexity index is 218. The molecule has 0 aliphatic heterocycles. The van der Waals surface area contributed by atoms with Crippen LogP contribution in [0.25, 0.3) is 0 Å². The van der Waals surface area contributed by atoms with Crippen LogP contribution in [0.3, 0.4) is 0 Å². The standard InChI is InChI=1S/C14H24/c1-6-9-12(4)11-14(8-3)13(5)10-7-2/h7-8,10,12H,2,6,9,11H2,1,3-5H3/b13-10-,14-8-. The molecular formula is C14H24. The maximum atomic E-state index is 3.73. The fourth-order valence-corrected chi connectivity index (χ4v) is 1.76. The molecule has 0 aliphatic rings. The molecule has 0 aromatic rings. The van der Waals surface area contributed by atoms with Crippen LogP contribution in [0.1, 0.15) is 47.0 Å². The second kappa shape index (κ2) is 7.61. The SMILES string of the molecule is C=C/C=C(C)\C(=C/C)CC(C)CCC. The quantitative estimate of drug-likeness (QED) is 0.525. The number of allylic oxidation sites excluding steroid dienone is 5. The Morgan fingerprint density at radius 2 is 2.07 bits per heavy atom. The summed E-state index contributed by atoms with van der Waals surface area (Å²) in [4.78, 5) is 0. The molecule has 1 atom stereocenters. The molecule has 0 spiro atoms. The van der Waals surface area contributed by atoms with E-state index in [0.29, 0.717) is 0 Å². The minimum absolute atomic E-state index is 0.791. The normalized spacial score (nSPS) is 15.4. The Hall–Kier alpha value is -0.780. The van der Waals surface area contributed by atoms with Gasteiger partial charge in [-0.2, -0.15) is 0 Å². The first-order valence-corrected chi connectivity index (χ1v) is 5.60. The molecular weight excluding hydrogens is 168 g/mol. The van der Waals surface area contributed by atoms with Gasteiger partial charge >= 0.3 is 0 Å². The van der Waals surface area contributed by atoms with Crippen LogP contribution in [0.15, 0.2) is 36.0 Å². The zero-order valence-corrected chi connectivity index (χ0v) is 10.1. The first-order chi connectivity index (χ1) is 6.65. The minimum atomic E-state index is 0.791. The molecule has 0 bridgehead atoms. The van der Waals surface area contributed by atoms with Crippen LogP contribution < -0.4 is 0 Å². The second-order valence-electron chi connectivity index (χ2n) is 4.00. The molecule has 0 radical (unpaired) electrons. The highest BCUT2D eigenvalue weighted by atomic mass is 14.1. The van der Waals surface area contributed by atoms with Crippen molar-refractivity contribution in [2.75, 3.05) is 0 Å². The average Bonchev–Trinajstić information content (AvgIpc) is 2.15. The summed E-state index contributed by atoms with van der Waals surface area (Å²) in [6.07, 6.45) is 9.97. The van der Waals surface area contributed by atoms with Gasteiger partial charge in [-0.15, -0.1) is 0 Å². The summed E-state index contributed by atoms with van der Waals surface area (Å²) in [5, 5.41) is 0. The van der Waals surface area contributed by atoms with Crippen LogP contribution in [-0.2, 0) is 0 Å². The third-order valence-electron chi connectivity index (χ3n) is 2.57. The molecule has 0 fully saturated rings. The van der Waals surface area contributed by atoms with Gasteiger partial charge < -0.3 is 0 Å². The summed E-state index contributed by atoms with van der Waals surface area (Å²) in [7, 11) is 0. The molecule has 0 heterocycles. The Balaban J connectivity index is 4.31. The van der Waals surface area contributed by atoms with E-state index in [1.54, 1.807) is 0 Å². The first kappa shape index (κ1) is 13.2. The van der Waals surface area contributed by atoms with Crippen molar-refractivity contribution in [3.63, 3.8) is 0 Å². The summed E-state index contributed by atoms with van der Waals surface area (Å²) < 4.78 is 0. The lowest BCUT2D eigenvalue weighted by atomic mass is 9.93. The van der Waals surface area contributed by atoms with Crippen molar-refractivity contribution in [2.45, 2.75) is 47.0 Å². The molecule has 1 unspecified atom stereocenters. The van der Waals surface area contributed by atoms with Gasteiger partial charge in [-0.25, -0.2) is 0 Å². The lowest BCUT2D eigenvalue weighted by Crippen LogP contribution is -1.97. The van der Waals surface area contributed by atoms with Crippen molar-refractivity contribution in [3.05, 3.63) is 36.0 Å². The average molecular weight is 192 g/mol. The molecule has 0 N–H and O–H groups in total. The van der Waals surface area contributed by atoms with Crippen LogP contribution in [-0.4, -0.2) is 0 Å². The highest BCUT2D eigenvalue weighted by Gasteiger charge is 2.05. The molecule has 0 saturated heterocycles. The maximum Gasteiger partial charge on any atom is -0.0254 e. The Morgan fingerprint density at radius 1 is 1.43 bits per heavy atom. The Morgan fingerprint density at radius 3 is 2.50 bits per heavy atom. The fraction of sp³-hybridized carbons (Fsp3) is 0.571. The summed E-state index contributed by atoms with van der Waals surface area (Å²) >= 11 is 0. The van der Waals surface area contributed by atoms with Crippen molar-refractivity contribution < 1.29 is 0 Å². The molecule has 0 aromatic heterocycles. The van der Waals surface area contributed by atoms with Crippen LogP contribution in [0.5, 0.6) is 0 Å². The van der Waals surface area contributed by atoms with Crippen molar-refractivity contribution in [2.24, 2.45) is 5.92 Å². The largest absolute Gasteiger partial charge is 0.0991 e. The third kappa shape index (κ3) is 5.06. The van der Waals surface area contributed by atoms with E-state index in [2.05, 4.69) is 46.4 Å². The summed E-state index contributed by atoms with van der Waals surface area (Å²) in [5.74, 6) is 0.791. The topological polar surface area (TPSA) is 0 Å². The molecule has 0 saturated carbocycles. The molecule has 0 rings (SSSR count). The van der Waals surface area contributed by atoms with Crippen molar-refractivity contribution in [1.29, 1.82) is 0 Å². The van der Waals surface area contributed by atoms with Crippen LogP contribution in [0.2, 0.25) is 0 Å². The van der Waals surface area contributed by atoms with E-state index < -0.39 is 0 Å². The van der Waals surface area contributed by atoms with E-state index in [1.165, 1.54) is 30.4 Å². The highest BCUT2D eigenvalue weighted by molar-refractivity contribution is 5.31. The minimum Gasteiger partial charge on any atom is -0.0991 e. The predicted molar refractivity (Wildman–Crippen MR) is 66.4 cm³/mol.